The average molecular weight is 258 g/mol. The number of fused-ring (bicyclic) bond motifs is 1. The van der Waals surface area contributed by atoms with Crippen LogP contribution in [0.2, 0.25) is 0 Å². The number of amides is 1. The third-order valence-corrected chi connectivity index (χ3v) is 4.60. The van der Waals surface area contributed by atoms with Crippen molar-refractivity contribution in [3.8, 4) is 0 Å². The smallest absolute Gasteiger partial charge is 0.251 e. The van der Waals surface area contributed by atoms with Gasteiger partial charge in [0.15, 0.2) is 0 Å². The lowest BCUT2D eigenvalue weighted by Gasteiger charge is -2.31. The topological polar surface area (TPSA) is 41.1 Å². The van der Waals surface area contributed by atoms with Crippen molar-refractivity contribution >= 4 is 5.91 Å². The number of benzene rings is 1. The summed E-state index contributed by atoms with van der Waals surface area (Å²) in [6.07, 6.45) is 3.51. The summed E-state index contributed by atoms with van der Waals surface area (Å²) in [6.45, 7) is 4.33. The summed E-state index contributed by atoms with van der Waals surface area (Å²) < 4.78 is 0. The molecule has 2 aliphatic rings. The Labute approximate surface area is 114 Å². The second-order valence-corrected chi connectivity index (χ2v) is 6.03. The van der Waals surface area contributed by atoms with E-state index in [0.29, 0.717) is 6.04 Å². The quantitative estimate of drug-likeness (QED) is 0.853. The van der Waals surface area contributed by atoms with Crippen LogP contribution in [0, 0.1) is 18.8 Å². The Kier molecular flexibility index (Phi) is 3.56. The van der Waals surface area contributed by atoms with Gasteiger partial charge in [-0.3, -0.25) is 4.79 Å². The molecule has 2 fully saturated rings. The van der Waals surface area contributed by atoms with Crippen LogP contribution in [0.15, 0.2) is 24.3 Å². The van der Waals surface area contributed by atoms with E-state index in [4.69, 9.17) is 0 Å². The van der Waals surface area contributed by atoms with Gasteiger partial charge in [-0.2, -0.15) is 0 Å². The van der Waals surface area contributed by atoms with Crippen molar-refractivity contribution in [2.45, 2.75) is 32.2 Å². The lowest BCUT2D eigenvalue weighted by molar-refractivity contribution is 0.0913. The fourth-order valence-electron chi connectivity index (χ4n) is 3.40. The van der Waals surface area contributed by atoms with E-state index in [1.165, 1.54) is 18.5 Å². The molecular weight excluding hydrogens is 236 g/mol. The molecule has 1 heterocycles. The third-order valence-electron chi connectivity index (χ3n) is 4.60. The Balaban J connectivity index is 1.59. The number of hydrogen-bond donors (Lipinski definition) is 2. The average Bonchev–Trinajstić information content (AvgIpc) is 2.87. The van der Waals surface area contributed by atoms with Crippen molar-refractivity contribution in [1.29, 1.82) is 0 Å². The molecule has 102 valence electrons. The van der Waals surface area contributed by atoms with E-state index in [1.54, 1.807) is 0 Å². The molecule has 0 aromatic heterocycles. The first-order valence-corrected chi connectivity index (χ1v) is 7.30. The Morgan fingerprint density at radius 2 is 1.89 bits per heavy atom. The van der Waals surface area contributed by atoms with Gasteiger partial charge >= 0.3 is 0 Å². The molecule has 3 heteroatoms. The highest BCUT2D eigenvalue weighted by Gasteiger charge is 2.34. The SMILES string of the molecule is Cc1ccc(C(=O)NC2CC[C@H]3CNC[C@H]3C2)cc1. The van der Waals surface area contributed by atoms with Crippen LogP contribution < -0.4 is 10.6 Å². The molecule has 1 aromatic carbocycles. The van der Waals surface area contributed by atoms with Gasteiger partial charge in [-0.15, -0.1) is 0 Å². The molecule has 0 spiro atoms. The first kappa shape index (κ1) is 12.7. The van der Waals surface area contributed by atoms with Gasteiger partial charge in [0.05, 0.1) is 0 Å². The molecule has 0 radical (unpaired) electrons. The Hall–Kier alpha value is -1.35. The number of aryl methyl sites for hydroxylation is 1. The number of rotatable bonds is 2. The fourth-order valence-corrected chi connectivity index (χ4v) is 3.40. The molecule has 0 bridgehead atoms. The molecule has 1 unspecified atom stereocenters. The highest BCUT2D eigenvalue weighted by molar-refractivity contribution is 5.94. The highest BCUT2D eigenvalue weighted by Crippen LogP contribution is 2.32. The maximum absolute atomic E-state index is 12.2. The van der Waals surface area contributed by atoms with Crippen molar-refractivity contribution in [2.75, 3.05) is 13.1 Å². The van der Waals surface area contributed by atoms with Crippen LogP contribution in [0.1, 0.15) is 35.2 Å². The van der Waals surface area contributed by atoms with E-state index in [2.05, 4.69) is 10.6 Å². The molecule has 1 amide bonds. The minimum atomic E-state index is 0.0782. The van der Waals surface area contributed by atoms with Gasteiger partial charge in [0.1, 0.15) is 0 Å². The van der Waals surface area contributed by atoms with E-state index in [-0.39, 0.29) is 5.91 Å². The second kappa shape index (κ2) is 5.33. The van der Waals surface area contributed by atoms with Crippen molar-refractivity contribution in [1.82, 2.24) is 10.6 Å². The van der Waals surface area contributed by atoms with Gasteiger partial charge in [0, 0.05) is 11.6 Å². The zero-order valence-electron chi connectivity index (χ0n) is 11.5. The van der Waals surface area contributed by atoms with Gasteiger partial charge < -0.3 is 10.6 Å². The Morgan fingerprint density at radius 3 is 2.68 bits per heavy atom. The van der Waals surface area contributed by atoms with E-state index >= 15 is 0 Å². The summed E-state index contributed by atoms with van der Waals surface area (Å²) in [6, 6.07) is 8.16. The van der Waals surface area contributed by atoms with E-state index in [0.717, 1.165) is 36.8 Å². The van der Waals surface area contributed by atoms with Crippen molar-refractivity contribution in [3.63, 3.8) is 0 Å². The number of nitrogens with one attached hydrogen (secondary N) is 2. The van der Waals surface area contributed by atoms with Crippen LogP contribution in [0.5, 0.6) is 0 Å². The monoisotopic (exact) mass is 258 g/mol. The maximum Gasteiger partial charge on any atom is 0.251 e. The van der Waals surface area contributed by atoms with E-state index in [9.17, 15) is 4.79 Å². The molecule has 19 heavy (non-hydrogen) atoms. The van der Waals surface area contributed by atoms with Gasteiger partial charge in [0.2, 0.25) is 0 Å². The summed E-state index contributed by atoms with van der Waals surface area (Å²) >= 11 is 0. The molecule has 3 rings (SSSR count). The second-order valence-electron chi connectivity index (χ2n) is 6.03. The van der Waals surface area contributed by atoms with E-state index < -0.39 is 0 Å². The van der Waals surface area contributed by atoms with Crippen LogP contribution in [0.4, 0.5) is 0 Å². The van der Waals surface area contributed by atoms with Crippen LogP contribution in [0.25, 0.3) is 0 Å². The minimum absolute atomic E-state index is 0.0782. The summed E-state index contributed by atoms with van der Waals surface area (Å²) in [4.78, 5) is 12.2. The van der Waals surface area contributed by atoms with E-state index in [1.807, 2.05) is 31.2 Å². The third kappa shape index (κ3) is 2.81. The van der Waals surface area contributed by atoms with Crippen molar-refractivity contribution in [3.05, 3.63) is 35.4 Å². The maximum atomic E-state index is 12.2. The minimum Gasteiger partial charge on any atom is -0.349 e. The largest absolute Gasteiger partial charge is 0.349 e. The molecule has 1 saturated heterocycles. The molecule has 1 aromatic rings. The van der Waals surface area contributed by atoms with Gasteiger partial charge in [-0.05, 0) is 63.2 Å². The predicted octanol–water partition coefficient (Wildman–Crippen LogP) is 2.11. The van der Waals surface area contributed by atoms with Crippen LogP contribution >= 0.6 is 0 Å². The van der Waals surface area contributed by atoms with Crippen LogP contribution in [0.3, 0.4) is 0 Å². The zero-order chi connectivity index (χ0) is 13.2. The highest BCUT2D eigenvalue weighted by atomic mass is 16.1. The van der Waals surface area contributed by atoms with Crippen molar-refractivity contribution < 1.29 is 4.79 Å². The summed E-state index contributed by atoms with van der Waals surface area (Å²) in [7, 11) is 0. The summed E-state index contributed by atoms with van der Waals surface area (Å²) in [5.74, 6) is 1.68. The fraction of sp³-hybridized carbons (Fsp3) is 0.562. The van der Waals surface area contributed by atoms with Crippen LogP contribution in [-0.4, -0.2) is 25.0 Å². The zero-order valence-corrected chi connectivity index (χ0v) is 11.5. The summed E-state index contributed by atoms with van der Waals surface area (Å²) in [5, 5.41) is 6.66. The number of carbonyl (C=O) groups is 1. The van der Waals surface area contributed by atoms with Crippen LogP contribution in [-0.2, 0) is 0 Å². The number of hydrogen-bond acceptors (Lipinski definition) is 2. The molecular formula is C16H22N2O. The summed E-state index contributed by atoms with van der Waals surface area (Å²) in [5.41, 5.74) is 1.96. The van der Waals surface area contributed by atoms with Crippen molar-refractivity contribution in [2.24, 2.45) is 11.8 Å². The molecule has 3 nitrogen and oxygen atoms in total. The van der Waals surface area contributed by atoms with Gasteiger partial charge in [-0.25, -0.2) is 0 Å². The predicted molar refractivity (Wildman–Crippen MR) is 76.1 cm³/mol. The first-order valence-electron chi connectivity index (χ1n) is 7.30. The normalized spacial score (nSPS) is 29.8. The molecule has 3 atom stereocenters. The Morgan fingerprint density at radius 1 is 1.16 bits per heavy atom. The standard InChI is InChI=1S/C16H22N2O/c1-11-2-4-12(5-3-11)16(19)18-15-7-6-13-9-17-10-14(13)8-15/h2-5,13-15,17H,6-10H2,1H3,(H,18,19)/t13-,14+,15?/m0/s1. The van der Waals surface area contributed by atoms with Gasteiger partial charge in [0.25, 0.3) is 5.91 Å². The molecule has 1 saturated carbocycles. The lowest BCUT2D eigenvalue weighted by atomic mass is 9.79. The lowest BCUT2D eigenvalue weighted by Crippen LogP contribution is -2.40. The molecule has 2 N–H and O–H groups in total. The number of carbonyl (C=O) groups excluding carboxylic acids is 1. The molecule has 1 aliphatic carbocycles. The Bertz CT molecular complexity index is 454. The first-order chi connectivity index (χ1) is 9.22. The van der Waals surface area contributed by atoms with Gasteiger partial charge in [-0.1, -0.05) is 17.7 Å². The molecule has 1 aliphatic heterocycles.